The number of piperazine rings is 1. The van der Waals surface area contributed by atoms with Crippen LogP contribution in [-0.2, 0) is 4.79 Å². The van der Waals surface area contributed by atoms with Gasteiger partial charge in [0.05, 0.1) is 6.54 Å². The zero-order chi connectivity index (χ0) is 23.0. The van der Waals surface area contributed by atoms with Crippen LogP contribution < -0.4 is 4.90 Å². The standard InChI is InChI=1S/C23H32FN6O2/c1-16(2)9-10-30-19(25-21-20(30)22(31)27(4)23(32)26(21)3)15-28-11-13-29(14-12-28)18-7-5-17(24)6-8-18/h5-8,16,20H,9-15H2,1-4H3/q+1. The lowest BCUT2D eigenvalue weighted by Gasteiger charge is -2.35. The summed E-state index contributed by atoms with van der Waals surface area (Å²) in [4.78, 5) is 37.4. The Bertz CT molecular complexity index is 950. The molecule has 3 aliphatic rings. The van der Waals surface area contributed by atoms with Gasteiger partial charge in [-0.05, 0) is 41.6 Å². The van der Waals surface area contributed by atoms with E-state index in [1.54, 1.807) is 7.05 Å². The molecule has 0 spiro atoms. The van der Waals surface area contributed by atoms with Crippen molar-refractivity contribution in [3.63, 3.8) is 0 Å². The average Bonchev–Trinajstić information content (AvgIpc) is 3.14. The van der Waals surface area contributed by atoms with E-state index in [0.717, 1.165) is 50.7 Å². The molecular weight excluding hydrogens is 411 g/mol. The number of hydrogen-bond donors (Lipinski definition) is 0. The quantitative estimate of drug-likeness (QED) is 0.628. The van der Waals surface area contributed by atoms with Gasteiger partial charge in [-0.2, -0.15) is 0 Å². The van der Waals surface area contributed by atoms with Crippen LogP contribution >= 0.6 is 0 Å². The molecule has 3 heterocycles. The van der Waals surface area contributed by atoms with Crippen LogP contribution in [0, 0.1) is 11.7 Å². The number of amides is 3. The van der Waals surface area contributed by atoms with Gasteiger partial charge in [0, 0.05) is 46.0 Å². The van der Waals surface area contributed by atoms with Crippen molar-refractivity contribution in [1.29, 1.82) is 0 Å². The molecule has 0 bridgehead atoms. The first-order valence-corrected chi connectivity index (χ1v) is 11.3. The molecule has 3 amide bonds. The molecule has 2 saturated heterocycles. The zero-order valence-corrected chi connectivity index (χ0v) is 19.3. The number of imide groups is 1. The summed E-state index contributed by atoms with van der Waals surface area (Å²) in [6, 6.07) is 5.74. The van der Waals surface area contributed by atoms with E-state index >= 15 is 0 Å². The molecule has 172 valence electrons. The fourth-order valence-electron chi connectivity index (χ4n) is 4.45. The van der Waals surface area contributed by atoms with Crippen molar-refractivity contribution in [2.75, 3.05) is 58.3 Å². The largest absolute Gasteiger partial charge is 0.369 e. The smallest absolute Gasteiger partial charge is 0.333 e. The van der Waals surface area contributed by atoms with Gasteiger partial charge in [0.1, 0.15) is 12.4 Å². The highest BCUT2D eigenvalue weighted by atomic mass is 19.1. The predicted molar refractivity (Wildman–Crippen MR) is 122 cm³/mol. The summed E-state index contributed by atoms with van der Waals surface area (Å²) in [5.41, 5.74) is 1.03. The molecule has 4 rings (SSSR count). The van der Waals surface area contributed by atoms with E-state index in [4.69, 9.17) is 4.99 Å². The molecule has 1 unspecified atom stereocenters. The zero-order valence-electron chi connectivity index (χ0n) is 19.3. The highest BCUT2D eigenvalue weighted by Gasteiger charge is 2.53. The lowest BCUT2D eigenvalue weighted by atomic mass is 10.1. The molecule has 9 heteroatoms. The highest BCUT2D eigenvalue weighted by molar-refractivity contribution is 6.23. The van der Waals surface area contributed by atoms with E-state index in [1.165, 1.54) is 29.0 Å². The van der Waals surface area contributed by atoms with Crippen LogP contribution in [-0.4, -0.2) is 102 Å². The fourth-order valence-corrected chi connectivity index (χ4v) is 4.45. The second kappa shape index (κ2) is 8.97. The molecule has 0 saturated carbocycles. The maximum Gasteiger partial charge on any atom is 0.333 e. The molecular formula is C23H32FN6O2+. The lowest BCUT2D eigenvalue weighted by Crippen LogP contribution is -2.61. The van der Waals surface area contributed by atoms with E-state index in [0.29, 0.717) is 18.3 Å². The third-order valence-electron chi connectivity index (χ3n) is 6.49. The molecule has 0 N–H and O–H groups in total. The van der Waals surface area contributed by atoms with Crippen LogP contribution in [0.3, 0.4) is 0 Å². The third kappa shape index (κ3) is 4.26. The van der Waals surface area contributed by atoms with Gasteiger partial charge in [-0.25, -0.2) is 13.8 Å². The number of carbonyl (C=O) groups excluding carboxylic acids is 2. The minimum Gasteiger partial charge on any atom is -0.369 e. The maximum absolute atomic E-state index is 13.2. The number of aliphatic imine (C=N–C) groups is 1. The van der Waals surface area contributed by atoms with Gasteiger partial charge < -0.3 is 4.90 Å². The summed E-state index contributed by atoms with van der Waals surface area (Å²) in [5, 5.41) is 0. The van der Waals surface area contributed by atoms with Crippen molar-refractivity contribution in [3.05, 3.63) is 30.1 Å². The summed E-state index contributed by atoms with van der Waals surface area (Å²) in [5.74, 6) is 1.43. The second-order valence-corrected chi connectivity index (χ2v) is 9.14. The van der Waals surface area contributed by atoms with Gasteiger partial charge in [0.25, 0.3) is 17.8 Å². The van der Waals surface area contributed by atoms with Gasteiger partial charge in [0.2, 0.25) is 0 Å². The van der Waals surface area contributed by atoms with Crippen LogP contribution in [0.15, 0.2) is 29.3 Å². The SMILES string of the molecule is CC(C)CC[N+]1=C(CN2CCN(c3ccc(F)cc3)CC2)N=C2C1C(=O)N(C)C(=O)N2C. The Balaban J connectivity index is 1.50. The Morgan fingerprint density at radius 3 is 2.34 bits per heavy atom. The van der Waals surface area contributed by atoms with Gasteiger partial charge >= 0.3 is 11.9 Å². The van der Waals surface area contributed by atoms with Crippen molar-refractivity contribution in [3.8, 4) is 0 Å². The molecule has 8 nitrogen and oxygen atoms in total. The minimum absolute atomic E-state index is 0.216. The van der Waals surface area contributed by atoms with Crippen LogP contribution in [0.2, 0.25) is 0 Å². The van der Waals surface area contributed by atoms with Crippen molar-refractivity contribution >= 4 is 29.3 Å². The van der Waals surface area contributed by atoms with E-state index in [9.17, 15) is 14.0 Å². The molecule has 1 aromatic rings. The third-order valence-corrected chi connectivity index (χ3v) is 6.49. The first-order chi connectivity index (χ1) is 15.3. The van der Waals surface area contributed by atoms with Gasteiger partial charge in [-0.1, -0.05) is 13.8 Å². The van der Waals surface area contributed by atoms with Crippen molar-refractivity contribution in [1.82, 2.24) is 14.7 Å². The van der Waals surface area contributed by atoms with E-state index in [-0.39, 0.29) is 17.8 Å². The molecule has 2 fully saturated rings. The number of halogens is 1. The number of nitrogens with zero attached hydrogens (tertiary/aromatic N) is 6. The van der Waals surface area contributed by atoms with Gasteiger partial charge in [-0.15, -0.1) is 0 Å². The molecule has 1 aromatic carbocycles. The Kier molecular flexibility index (Phi) is 6.28. The Morgan fingerprint density at radius 2 is 1.72 bits per heavy atom. The normalized spacial score (nSPS) is 22.2. The summed E-state index contributed by atoms with van der Waals surface area (Å²) < 4.78 is 15.3. The molecule has 1 atom stereocenters. The predicted octanol–water partition coefficient (Wildman–Crippen LogP) is 1.71. The number of anilines is 1. The van der Waals surface area contributed by atoms with Crippen LogP contribution in [0.25, 0.3) is 0 Å². The summed E-state index contributed by atoms with van der Waals surface area (Å²) >= 11 is 0. The highest BCUT2D eigenvalue weighted by Crippen LogP contribution is 2.21. The molecule has 0 aliphatic carbocycles. The van der Waals surface area contributed by atoms with E-state index in [2.05, 4.69) is 28.2 Å². The molecule has 32 heavy (non-hydrogen) atoms. The number of likely N-dealkylation sites (N-methyl/N-ethyl adjacent to an activating group) is 2. The van der Waals surface area contributed by atoms with Crippen LogP contribution in [0.4, 0.5) is 14.9 Å². The summed E-state index contributed by atoms with van der Waals surface area (Å²) in [7, 11) is 3.22. The first-order valence-electron chi connectivity index (χ1n) is 11.3. The monoisotopic (exact) mass is 443 g/mol. The minimum atomic E-state index is -0.531. The van der Waals surface area contributed by atoms with Gasteiger partial charge in [-0.3, -0.25) is 19.5 Å². The fraction of sp³-hybridized carbons (Fsp3) is 0.565. The van der Waals surface area contributed by atoms with E-state index < -0.39 is 6.04 Å². The Hall–Kier alpha value is -2.81. The summed E-state index contributed by atoms with van der Waals surface area (Å²) in [6.07, 6.45) is 0.940. The van der Waals surface area contributed by atoms with Crippen molar-refractivity contribution in [2.45, 2.75) is 26.3 Å². The van der Waals surface area contributed by atoms with Crippen LogP contribution in [0.1, 0.15) is 20.3 Å². The topological polar surface area (TPSA) is 62.5 Å². The Labute approximate surface area is 188 Å². The molecule has 0 aromatic heterocycles. The maximum atomic E-state index is 13.2. The number of urea groups is 1. The number of rotatable bonds is 6. The van der Waals surface area contributed by atoms with Gasteiger partial charge in [0.15, 0.2) is 0 Å². The number of hydrogen-bond acceptors (Lipinski definition) is 5. The van der Waals surface area contributed by atoms with Crippen molar-refractivity contribution in [2.24, 2.45) is 10.9 Å². The van der Waals surface area contributed by atoms with Crippen LogP contribution in [0.5, 0.6) is 0 Å². The number of carbonyl (C=O) groups is 2. The van der Waals surface area contributed by atoms with Crippen molar-refractivity contribution < 1.29 is 18.6 Å². The molecule has 3 aliphatic heterocycles. The Morgan fingerprint density at radius 1 is 1.06 bits per heavy atom. The lowest BCUT2D eigenvalue weighted by molar-refractivity contribution is -0.537. The average molecular weight is 444 g/mol. The number of amidine groups is 2. The summed E-state index contributed by atoms with van der Waals surface area (Å²) in [6.45, 7) is 9.05. The second-order valence-electron chi connectivity index (χ2n) is 9.14. The van der Waals surface area contributed by atoms with E-state index in [1.807, 2.05) is 12.1 Å². The number of benzene rings is 1. The molecule has 0 radical (unpaired) electrons. The number of fused-ring (bicyclic) bond motifs is 1. The first kappa shape index (κ1) is 22.4.